The van der Waals surface area contributed by atoms with Crippen LogP contribution in [0.15, 0.2) is 28.2 Å². The first kappa shape index (κ1) is 14.1. The molecule has 0 aromatic carbocycles. The predicted octanol–water partition coefficient (Wildman–Crippen LogP) is -0.781. The van der Waals surface area contributed by atoms with Gasteiger partial charge in [-0.2, -0.15) is 10.1 Å². The largest absolute Gasteiger partial charge is 0.481 e. The number of hydrogen-bond acceptors (Lipinski definition) is 7. The quantitative estimate of drug-likeness (QED) is 0.678. The van der Waals surface area contributed by atoms with Crippen LogP contribution in [0.4, 0.5) is 0 Å². The molecule has 0 amide bonds. The average molecular weight is 301 g/mol. The van der Waals surface area contributed by atoms with Gasteiger partial charge in [-0.3, -0.25) is 9.48 Å². The molecule has 0 saturated heterocycles. The summed E-state index contributed by atoms with van der Waals surface area (Å²) < 4.78 is 31.8. The van der Waals surface area contributed by atoms with Crippen LogP contribution in [-0.2, 0) is 27.9 Å². The van der Waals surface area contributed by atoms with Gasteiger partial charge >= 0.3 is 5.97 Å². The molecule has 0 aliphatic rings. The van der Waals surface area contributed by atoms with E-state index in [1.54, 1.807) is 0 Å². The maximum Gasteiger partial charge on any atom is 0.305 e. The van der Waals surface area contributed by atoms with Crippen molar-refractivity contribution in [2.45, 2.75) is 24.4 Å². The highest BCUT2D eigenvalue weighted by atomic mass is 32.2. The number of nitrogens with one attached hydrogen (secondary N) is 1. The fourth-order valence-electron chi connectivity index (χ4n) is 1.33. The molecule has 0 bridgehead atoms. The Bertz CT molecular complexity index is 677. The third-order valence-corrected chi connectivity index (χ3v) is 3.66. The summed E-state index contributed by atoms with van der Waals surface area (Å²) in [5.74, 6) is -0.785. The van der Waals surface area contributed by atoms with Gasteiger partial charge in [0.25, 0.3) is 0 Å². The molecule has 0 aliphatic carbocycles. The molecule has 0 atom stereocenters. The second kappa shape index (κ2) is 5.79. The van der Waals surface area contributed by atoms with E-state index in [1.807, 2.05) is 0 Å². The van der Waals surface area contributed by atoms with E-state index >= 15 is 0 Å². The molecule has 108 valence electrons. The van der Waals surface area contributed by atoms with Gasteiger partial charge in [0, 0.05) is 6.20 Å². The third-order valence-electron chi connectivity index (χ3n) is 2.30. The highest BCUT2D eigenvalue weighted by Gasteiger charge is 2.17. The third kappa shape index (κ3) is 3.61. The highest BCUT2D eigenvalue weighted by molar-refractivity contribution is 7.89. The zero-order valence-electron chi connectivity index (χ0n) is 10.1. The second-order valence-corrected chi connectivity index (χ2v) is 5.52. The fraction of sp³-hybridized carbons (Fsp3) is 0.333. The van der Waals surface area contributed by atoms with E-state index in [2.05, 4.69) is 24.5 Å². The average Bonchev–Trinajstić information content (AvgIpc) is 3.05. The molecule has 11 heteroatoms. The predicted molar refractivity (Wildman–Crippen MR) is 62.8 cm³/mol. The van der Waals surface area contributed by atoms with Gasteiger partial charge in [-0.15, -0.1) is 0 Å². The van der Waals surface area contributed by atoms with Crippen LogP contribution in [0.5, 0.6) is 0 Å². The fourth-order valence-corrected chi connectivity index (χ4v) is 2.26. The molecule has 2 N–H and O–H groups in total. The Morgan fingerprint density at radius 2 is 2.30 bits per heavy atom. The zero-order valence-corrected chi connectivity index (χ0v) is 10.9. The van der Waals surface area contributed by atoms with Gasteiger partial charge in [0.1, 0.15) is 4.90 Å². The summed E-state index contributed by atoms with van der Waals surface area (Å²) in [6.07, 6.45) is 3.34. The molecule has 0 spiro atoms. The number of rotatable bonds is 7. The van der Waals surface area contributed by atoms with Crippen LogP contribution >= 0.6 is 0 Å². The number of carboxylic acids is 1. The van der Waals surface area contributed by atoms with Gasteiger partial charge < -0.3 is 9.63 Å². The minimum absolute atomic E-state index is 0.0635. The van der Waals surface area contributed by atoms with Gasteiger partial charge in [-0.25, -0.2) is 13.1 Å². The van der Waals surface area contributed by atoms with Crippen molar-refractivity contribution in [3.63, 3.8) is 0 Å². The summed E-state index contributed by atoms with van der Waals surface area (Å²) in [5.41, 5.74) is 0. The van der Waals surface area contributed by atoms with E-state index in [9.17, 15) is 13.2 Å². The number of carboxylic acid groups (broad SMARTS) is 1. The van der Waals surface area contributed by atoms with Crippen LogP contribution in [0.3, 0.4) is 0 Å². The molecule has 2 aromatic heterocycles. The Morgan fingerprint density at radius 1 is 1.50 bits per heavy atom. The van der Waals surface area contributed by atoms with Crippen molar-refractivity contribution in [1.82, 2.24) is 24.6 Å². The number of hydrogen-bond donors (Lipinski definition) is 2. The van der Waals surface area contributed by atoms with Gasteiger partial charge in [0.15, 0.2) is 5.82 Å². The Balaban J connectivity index is 2.00. The topological polar surface area (TPSA) is 140 Å². The molecule has 10 nitrogen and oxygen atoms in total. The lowest BCUT2D eigenvalue weighted by Crippen LogP contribution is -2.23. The lowest BCUT2D eigenvalue weighted by molar-refractivity contribution is -0.137. The number of sulfonamides is 1. The first-order chi connectivity index (χ1) is 9.47. The molecule has 0 unspecified atom stereocenters. The molecule has 0 saturated carbocycles. The van der Waals surface area contributed by atoms with Gasteiger partial charge in [-0.05, 0) is 0 Å². The van der Waals surface area contributed by atoms with Crippen molar-refractivity contribution in [3.05, 3.63) is 24.6 Å². The number of aryl methyl sites for hydroxylation is 1. The van der Waals surface area contributed by atoms with E-state index in [4.69, 9.17) is 5.11 Å². The van der Waals surface area contributed by atoms with E-state index < -0.39 is 16.0 Å². The smallest absolute Gasteiger partial charge is 0.305 e. The van der Waals surface area contributed by atoms with Gasteiger partial charge in [0.2, 0.25) is 16.4 Å². The normalized spacial score (nSPS) is 11.6. The Labute approximate surface area is 113 Å². The SMILES string of the molecule is O=C(O)CCn1cc(S(=O)(=O)NCc2ncon2)cn1. The maximum absolute atomic E-state index is 11.9. The summed E-state index contributed by atoms with van der Waals surface area (Å²) in [4.78, 5) is 14.0. The summed E-state index contributed by atoms with van der Waals surface area (Å²) >= 11 is 0. The molecule has 0 aliphatic heterocycles. The monoisotopic (exact) mass is 301 g/mol. The van der Waals surface area contributed by atoms with Gasteiger partial charge in [0.05, 0.1) is 25.7 Å². The lowest BCUT2D eigenvalue weighted by Gasteiger charge is -2.01. The first-order valence-electron chi connectivity index (χ1n) is 5.46. The molecule has 2 rings (SSSR count). The molecular formula is C9H11N5O5S. The van der Waals surface area contributed by atoms with E-state index in [1.165, 1.54) is 10.9 Å². The van der Waals surface area contributed by atoms with Crippen LogP contribution in [0.1, 0.15) is 12.2 Å². The van der Waals surface area contributed by atoms with Crippen LogP contribution in [0.2, 0.25) is 0 Å². The Hall–Kier alpha value is -2.27. The summed E-state index contributed by atoms with van der Waals surface area (Å²) in [5, 5.41) is 15.8. The molecule has 2 heterocycles. The molecule has 20 heavy (non-hydrogen) atoms. The molecule has 0 fully saturated rings. The number of aromatic nitrogens is 4. The van der Waals surface area contributed by atoms with E-state index in [0.717, 1.165) is 12.6 Å². The Morgan fingerprint density at radius 3 is 2.95 bits per heavy atom. The van der Waals surface area contributed by atoms with Crippen LogP contribution in [0, 0.1) is 0 Å². The second-order valence-electron chi connectivity index (χ2n) is 3.75. The van der Waals surface area contributed by atoms with Crippen LogP contribution in [-0.4, -0.2) is 39.4 Å². The maximum atomic E-state index is 11.9. The lowest BCUT2D eigenvalue weighted by atomic mass is 10.4. The van der Waals surface area contributed by atoms with Gasteiger partial charge in [-0.1, -0.05) is 5.16 Å². The molecule has 2 aromatic rings. The van der Waals surface area contributed by atoms with Crippen LogP contribution in [0.25, 0.3) is 0 Å². The summed E-state index contributed by atoms with van der Waals surface area (Å²) in [6, 6.07) is 0. The van der Waals surface area contributed by atoms with Crippen molar-refractivity contribution in [1.29, 1.82) is 0 Å². The minimum atomic E-state index is -3.76. The number of nitrogens with zero attached hydrogens (tertiary/aromatic N) is 4. The number of carbonyl (C=O) groups is 1. The Kier molecular flexibility index (Phi) is 4.10. The summed E-state index contributed by atoms with van der Waals surface area (Å²) in [7, 11) is -3.76. The first-order valence-corrected chi connectivity index (χ1v) is 6.95. The molecular weight excluding hydrogens is 290 g/mol. The van der Waals surface area contributed by atoms with Crippen molar-refractivity contribution >= 4 is 16.0 Å². The van der Waals surface area contributed by atoms with Crippen molar-refractivity contribution < 1.29 is 22.8 Å². The standard InChI is InChI=1S/C9H11N5O5S/c15-9(16)1-2-14-5-7(3-11-14)20(17,18)12-4-8-10-6-19-13-8/h3,5-6,12H,1-2,4H2,(H,15,16). The number of aliphatic carboxylic acids is 1. The molecule has 0 radical (unpaired) electrons. The van der Waals surface area contributed by atoms with Crippen molar-refractivity contribution in [3.8, 4) is 0 Å². The van der Waals surface area contributed by atoms with E-state index in [-0.39, 0.29) is 30.2 Å². The minimum Gasteiger partial charge on any atom is -0.481 e. The van der Waals surface area contributed by atoms with Crippen molar-refractivity contribution in [2.75, 3.05) is 0 Å². The van der Waals surface area contributed by atoms with Crippen LogP contribution < -0.4 is 4.72 Å². The van der Waals surface area contributed by atoms with E-state index in [0.29, 0.717) is 0 Å². The zero-order chi connectivity index (χ0) is 14.6. The highest BCUT2D eigenvalue weighted by Crippen LogP contribution is 2.07. The summed E-state index contributed by atoms with van der Waals surface area (Å²) in [6.45, 7) is -0.0190. The van der Waals surface area contributed by atoms with Crippen molar-refractivity contribution in [2.24, 2.45) is 0 Å².